The third-order valence-electron chi connectivity index (χ3n) is 4.76. The number of piperazine rings is 1. The number of carbonyl (C=O) groups excluding carboxylic acids is 1. The zero-order chi connectivity index (χ0) is 15.8. The van der Waals surface area contributed by atoms with Crippen LogP contribution in [0.3, 0.4) is 0 Å². The lowest BCUT2D eigenvalue weighted by Gasteiger charge is -2.40. The second kappa shape index (κ2) is 5.81. The third kappa shape index (κ3) is 2.88. The van der Waals surface area contributed by atoms with Crippen LogP contribution in [0.1, 0.15) is 46.6 Å². The van der Waals surface area contributed by atoms with E-state index < -0.39 is 0 Å². The number of nitrogens with zero attached hydrogens (tertiary/aromatic N) is 3. The minimum Gasteiger partial charge on any atom is -0.360 e. The van der Waals surface area contributed by atoms with E-state index in [4.69, 9.17) is 4.52 Å². The van der Waals surface area contributed by atoms with Crippen LogP contribution >= 0.6 is 0 Å². The van der Waals surface area contributed by atoms with Crippen LogP contribution in [-0.2, 0) is 0 Å². The molecule has 0 radical (unpaired) electrons. The highest BCUT2D eigenvalue weighted by atomic mass is 16.5. The Balaban J connectivity index is 1.60. The van der Waals surface area contributed by atoms with Gasteiger partial charge in [-0.2, -0.15) is 0 Å². The van der Waals surface area contributed by atoms with Crippen molar-refractivity contribution in [1.29, 1.82) is 0 Å². The number of aromatic nitrogens is 1. The molecular formula is C18H21N3O2. The molecule has 1 saturated carbocycles. The molecule has 0 bridgehead atoms. The van der Waals surface area contributed by atoms with Crippen molar-refractivity contribution >= 4 is 5.91 Å². The molecule has 1 aromatic heterocycles. The van der Waals surface area contributed by atoms with Crippen LogP contribution < -0.4 is 0 Å². The van der Waals surface area contributed by atoms with Crippen molar-refractivity contribution in [1.82, 2.24) is 15.0 Å². The minimum atomic E-state index is -0.0254. The first-order valence-corrected chi connectivity index (χ1v) is 8.23. The van der Waals surface area contributed by atoms with Gasteiger partial charge >= 0.3 is 0 Å². The Bertz CT molecular complexity index is 693. The molecule has 1 saturated heterocycles. The summed E-state index contributed by atoms with van der Waals surface area (Å²) in [5.41, 5.74) is 1.61. The zero-order valence-electron chi connectivity index (χ0n) is 13.3. The SMILES string of the molecule is CN1CCN(C(=O)c2cc(C3CC3)on2)[C@@H](c2ccccc2)C1. The Morgan fingerprint density at radius 1 is 1.22 bits per heavy atom. The van der Waals surface area contributed by atoms with Crippen LogP contribution in [0.15, 0.2) is 40.9 Å². The summed E-state index contributed by atoms with van der Waals surface area (Å²) in [6, 6.07) is 12.1. The molecule has 4 rings (SSSR count). The van der Waals surface area contributed by atoms with Crippen LogP contribution in [0.5, 0.6) is 0 Å². The molecule has 1 amide bonds. The molecule has 0 unspecified atom stereocenters. The lowest BCUT2D eigenvalue weighted by molar-refractivity contribution is 0.0488. The minimum absolute atomic E-state index is 0.0254. The number of amides is 1. The van der Waals surface area contributed by atoms with Crippen molar-refractivity contribution in [3.05, 3.63) is 53.4 Å². The van der Waals surface area contributed by atoms with Gasteiger partial charge in [0.05, 0.1) is 6.04 Å². The molecule has 0 spiro atoms. The van der Waals surface area contributed by atoms with Crippen LogP contribution in [0, 0.1) is 0 Å². The van der Waals surface area contributed by atoms with E-state index in [1.165, 1.54) is 5.56 Å². The first-order valence-electron chi connectivity index (χ1n) is 8.23. The fraction of sp³-hybridized carbons (Fsp3) is 0.444. The summed E-state index contributed by atoms with van der Waals surface area (Å²) >= 11 is 0. The van der Waals surface area contributed by atoms with Gasteiger partial charge in [0.2, 0.25) is 0 Å². The van der Waals surface area contributed by atoms with E-state index in [-0.39, 0.29) is 11.9 Å². The van der Waals surface area contributed by atoms with Gasteiger partial charge in [0.15, 0.2) is 5.69 Å². The van der Waals surface area contributed by atoms with Gasteiger partial charge in [-0.1, -0.05) is 35.5 Å². The Morgan fingerprint density at radius 3 is 2.74 bits per heavy atom. The topological polar surface area (TPSA) is 49.6 Å². The summed E-state index contributed by atoms with van der Waals surface area (Å²) < 4.78 is 5.35. The number of rotatable bonds is 3. The van der Waals surface area contributed by atoms with E-state index in [0.717, 1.165) is 31.7 Å². The molecule has 120 valence electrons. The summed E-state index contributed by atoms with van der Waals surface area (Å²) in [6.07, 6.45) is 2.29. The van der Waals surface area contributed by atoms with Crippen LogP contribution in [-0.4, -0.2) is 47.5 Å². The van der Waals surface area contributed by atoms with Crippen molar-refractivity contribution in [3.63, 3.8) is 0 Å². The molecule has 1 aliphatic carbocycles. The van der Waals surface area contributed by atoms with E-state index in [9.17, 15) is 4.79 Å². The van der Waals surface area contributed by atoms with Gasteiger partial charge in [0.1, 0.15) is 5.76 Å². The number of hydrogen-bond donors (Lipinski definition) is 0. The summed E-state index contributed by atoms with van der Waals surface area (Å²) in [7, 11) is 2.10. The van der Waals surface area contributed by atoms with Gasteiger partial charge in [0.25, 0.3) is 5.91 Å². The smallest absolute Gasteiger partial charge is 0.276 e. The third-order valence-corrected chi connectivity index (χ3v) is 4.76. The maximum Gasteiger partial charge on any atom is 0.276 e. The molecule has 1 aromatic carbocycles. The van der Waals surface area contributed by atoms with Gasteiger partial charge in [0, 0.05) is 31.6 Å². The second-order valence-corrected chi connectivity index (χ2v) is 6.58. The Labute approximate surface area is 135 Å². The number of hydrogen-bond acceptors (Lipinski definition) is 4. The highest BCUT2D eigenvalue weighted by Crippen LogP contribution is 2.40. The fourth-order valence-electron chi connectivity index (χ4n) is 3.22. The molecular weight excluding hydrogens is 290 g/mol. The summed E-state index contributed by atoms with van der Waals surface area (Å²) in [5.74, 6) is 1.31. The predicted octanol–water partition coefficient (Wildman–Crippen LogP) is 2.68. The molecule has 23 heavy (non-hydrogen) atoms. The van der Waals surface area contributed by atoms with E-state index >= 15 is 0 Å². The van der Waals surface area contributed by atoms with Gasteiger partial charge < -0.3 is 14.3 Å². The fourth-order valence-corrected chi connectivity index (χ4v) is 3.22. The maximum atomic E-state index is 12.9. The molecule has 5 heteroatoms. The van der Waals surface area contributed by atoms with Crippen LogP contribution in [0.4, 0.5) is 0 Å². The largest absolute Gasteiger partial charge is 0.360 e. The van der Waals surface area contributed by atoms with Crippen molar-refractivity contribution in [2.75, 3.05) is 26.7 Å². The monoisotopic (exact) mass is 311 g/mol. The Kier molecular flexibility index (Phi) is 3.65. The Hall–Kier alpha value is -2.14. The van der Waals surface area contributed by atoms with E-state index in [2.05, 4.69) is 29.2 Å². The summed E-state index contributed by atoms with van der Waals surface area (Å²) in [4.78, 5) is 17.1. The average Bonchev–Trinajstić information content (AvgIpc) is 3.32. The number of benzene rings is 1. The Morgan fingerprint density at radius 2 is 2.00 bits per heavy atom. The van der Waals surface area contributed by atoms with Gasteiger partial charge in [-0.05, 0) is 25.5 Å². The normalized spacial score (nSPS) is 22.3. The molecule has 2 aromatic rings. The van der Waals surface area contributed by atoms with E-state index in [0.29, 0.717) is 18.2 Å². The lowest BCUT2D eigenvalue weighted by atomic mass is 10.0. The van der Waals surface area contributed by atoms with Gasteiger partial charge in [-0.25, -0.2) is 0 Å². The van der Waals surface area contributed by atoms with Gasteiger partial charge in [-0.15, -0.1) is 0 Å². The molecule has 5 nitrogen and oxygen atoms in total. The quantitative estimate of drug-likeness (QED) is 0.874. The zero-order valence-corrected chi connectivity index (χ0v) is 13.3. The van der Waals surface area contributed by atoms with Crippen molar-refractivity contribution in [2.45, 2.75) is 24.8 Å². The maximum absolute atomic E-state index is 12.9. The number of likely N-dealkylation sites (N-methyl/N-ethyl adjacent to an activating group) is 1. The molecule has 0 N–H and O–H groups in total. The number of carbonyl (C=O) groups is 1. The average molecular weight is 311 g/mol. The van der Waals surface area contributed by atoms with Crippen molar-refractivity contribution in [2.24, 2.45) is 0 Å². The molecule has 2 heterocycles. The lowest BCUT2D eigenvalue weighted by Crippen LogP contribution is -2.49. The van der Waals surface area contributed by atoms with E-state index in [1.807, 2.05) is 29.2 Å². The highest BCUT2D eigenvalue weighted by Gasteiger charge is 2.34. The molecule has 1 aliphatic heterocycles. The summed E-state index contributed by atoms with van der Waals surface area (Å²) in [5, 5.41) is 4.02. The second-order valence-electron chi connectivity index (χ2n) is 6.58. The molecule has 2 fully saturated rings. The standard InChI is InChI=1S/C18H21N3O2/c1-20-9-10-21(16(12-20)13-5-3-2-4-6-13)18(22)15-11-17(23-19-15)14-7-8-14/h2-6,11,14,16H,7-10,12H2,1H3/t16-/m1/s1. The predicted molar refractivity (Wildman–Crippen MR) is 86.2 cm³/mol. The van der Waals surface area contributed by atoms with Crippen molar-refractivity contribution < 1.29 is 9.32 Å². The first kappa shape index (κ1) is 14.5. The highest BCUT2D eigenvalue weighted by molar-refractivity contribution is 5.92. The molecule has 1 atom stereocenters. The van der Waals surface area contributed by atoms with Crippen molar-refractivity contribution in [3.8, 4) is 0 Å². The van der Waals surface area contributed by atoms with Crippen LogP contribution in [0.25, 0.3) is 0 Å². The van der Waals surface area contributed by atoms with Gasteiger partial charge in [-0.3, -0.25) is 4.79 Å². The summed E-state index contributed by atoms with van der Waals surface area (Å²) in [6.45, 7) is 2.42. The first-order chi connectivity index (χ1) is 11.2. The molecule has 2 aliphatic rings. The van der Waals surface area contributed by atoms with E-state index in [1.54, 1.807) is 0 Å². The van der Waals surface area contributed by atoms with Crippen LogP contribution in [0.2, 0.25) is 0 Å².